The quantitative estimate of drug-likeness (QED) is 0.584. The maximum absolute atomic E-state index is 12.7. The van der Waals surface area contributed by atoms with Crippen molar-refractivity contribution in [3.8, 4) is 11.4 Å². The van der Waals surface area contributed by atoms with E-state index in [9.17, 15) is 13.2 Å². The van der Waals surface area contributed by atoms with Gasteiger partial charge in [-0.1, -0.05) is 27.5 Å². The summed E-state index contributed by atoms with van der Waals surface area (Å²) in [5, 5.41) is 0.458. The van der Waals surface area contributed by atoms with Crippen LogP contribution in [0.3, 0.4) is 0 Å². The van der Waals surface area contributed by atoms with Crippen LogP contribution < -0.4 is 0 Å². The number of nitrogens with zero attached hydrogens (tertiary/aromatic N) is 1. The molecular weight excluding hydrogens is 369 g/mol. The predicted octanol–water partition coefficient (Wildman–Crippen LogP) is 5.66. The molecule has 0 bridgehead atoms. The second kappa shape index (κ2) is 5.03. The Morgan fingerprint density at radius 3 is 2.52 bits per heavy atom. The van der Waals surface area contributed by atoms with Crippen molar-refractivity contribution in [1.82, 2.24) is 9.97 Å². The minimum Gasteiger partial charge on any atom is -0.338 e. The van der Waals surface area contributed by atoms with Crippen molar-refractivity contribution in [3.05, 3.63) is 51.5 Å². The number of nitrogens with one attached hydrogen (secondary N) is 1. The average Bonchev–Trinajstić information content (AvgIpc) is 2.79. The van der Waals surface area contributed by atoms with Crippen molar-refractivity contribution < 1.29 is 13.2 Å². The molecule has 108 valence electrons. The highest BCUT2D eigenvalue weighted by Crippen LogP contribution is 2.33. The Morgan fingerprint density at radius 2 is 1.86 bits per heavy atom. The van der Waals surface area contributed by atoms with Crippen molar-refractivity contribution in [2.75, 3.05) is 0 Å². The topological polar surface area (TPSA) is 28.7 Å². The lowest BCUT2D eigenvalue weighted by Gasteiger charge is -2.05. The van der Waals surface area contributed by atoms with Crippen LogP contribution in [0.1, 0.15) is 5.56 Å². The zero-order chi connectivity index (χ0) is 15.2. The summed E-state index contributed by atoms with van der Waals surface area (Å²) in [5.74, 6) is 0.432. The predicted molar refractivity (Wildman–Crippen MR) is 79.2 cm³/mol. The van der Waals surface area contributed by atoms with Gasteiger partial charge in [0, 0.05) is 10.0 Å². The lowest BCUT2D eigenvalue weighted by atomic mass is 10.2. The van der Waals surface area contributed by atoms with E-state index >= 15 is 0 Å². The van der Waals surface area contributed by atoms with Gasteiger partial charge in [-0.25, -0.2) is 4.98 Å². The molecule has 0 radical (unpaired) electrons. The van der Waals surface area contributed by atoms with Gasteiger partial charge < -0.3 is 4.98 Å². The van der Waals surface area contributed by atoms with Crippen LogP contribution in [0.2, 0.25) is 5.02 Å². The molecule has 2 aromatic carbocycles. The maximum atomic E-state index is 12.7. The molecule has 0 aliphatic carbocycles. The number of hydrogen-bond acceptors (Lipinski definition) is 1. The van der Waals surface area contributed by atoms with Gasteiger partial charge in [0.05, 0.1) is 21.6 Å². The molecule has 0 fully saturated rings. The van der Waals surface area contributed by atoms with Crippen molar-refractivity contribution in [2.45, 2.75) is 6.18 Å². The van der Waals surface area contributed by atoms with E-state index < -0.39 is 11.7 Å². The SMILES string of the molecule is FC(F)(F)c1ccc2nc(-c3ccc(Br)cc3Cl)[nH]c2c1. The molecule has 0 amide bonds. The van der Waals surface area contributed by atoms with Crippen LogP contribution in [0.5, 0.6) is 0 Å². The molecule has 0 aliphatic rings. The second-order valence-electron chi connectivity index (χ2n) is 4.44. The summed E-state index contributed by atoms with van der Waals surface area (Å²) >= 11 is 9.42. The molecule has 21 heavy (non-hydrogen) atoms. The Morgan fingerprint density at radius 1 is 1.10 bits per heavy atom. The molecule has 1 heterocycles. The molecule has 3 rings (SSSR count). The third-order valence-corrected chi connectivity index (χ3v) is 3.80. The zero-order valence-corrected chi connectivity index (χ0v) is 12.6. The molecule has 1 N–H and O–H groups in total. The Kier molecular flexibility index (Phi) is 3.45. The van der Waals surface area contributed by atoms with Gasteiger partial charge in [-0.05, 0) is 36.4 Å². The lowest BCUT2D eigenvalue weighted by molar-refractivity contribution is -0.137. The number of H-pyrrole nitrogens is 1. The molecule has 7 heteroatoms. The number of alkyl halides is 3. The molecule has 0 saturated heterocycles. The van der Waals surface area contributed by atoms with Gasteiger partial charge in [0.1, 0.15) is 5.82 Å². The number of rotatable bonds is 1. The number of fused-ring (bicyclic) bond motifs is 1. The van der Waals surface area contributed by atoms with Gasteiger partial charge in [0.2, 0.25) is 0 Å². The fraction of sp³-hybridized carbons (Fsp3) is 0.0714. The standard InChI is InChI=1S/C14H7BrClF3N2/c15-8-2-3-9(10(16)6-8)13-20-11-4-1-7(14(17,18)19)5-12(11)21-13/h1-6H,(H,20,21). The lowest BCUT2D eigenvalue weighted by Crippen LogP contribution is -2.04. The fourth-order valence-electron chi connectivity index (χ4n) is 2.00. The largest absolute Gasteiger partial charge is 0.416 e. The van der Waals surface area contributed by atoms with Crippen LogP contribution in [0.15, 0.2) is 40.9 Å². The van der Waals surface area contributed by atoms with E-state index in [1.807, 2.05) is 0 Å². The van der Waals surface area contributed by atoms with Crippen molar-refractivity contribution in [2.24, 2.45) is 0 Å². The molecule has 0 unspecified atom stereocenters. The Hall–Kier alpha value is -1.53. The number of aromatic amines is 1. The normalized spacial score (nSPS) is 12.0. The number of imidazole rings is 1. The fourth-order valence-corrected chi connectivity index (χ4v) is 2.76. The van der Waals surface area contributed by atoms with E-state index in [-0.39, 0.29) is 0 Å². The first-order chi connectivity index (χ1) is 9.84. The van der Waals surface area contributed by atoms with Crippen LogP contribution in [0.4, 0.5) is 13.2 Å². The first kappa shape index (κ1) is 14.4. The minimum absolute atomic E-state index is 0.318. The van der Waals surface area contributed by atoms with E-state index in [0.717, 1.165) is 16.6 Å². The third kappa shape index (κ3) is 2.78. The molecule has 0 saturated carbocycles. The summed E-state index contributed by atoms with van der Waals surface area (Å²) in [5.41, 5.74) is 0.688. The highest BCUT2D eigenvalue weighted by atomic mass is 79.9. The van der Waals surface area contributed by atoms with E-state index in [4.69, 9.17) is 11.6 Å². The molecule has 1 aromatic heterocycles. The second-order valence-corrected chi connectivity index (χ2v) is 5.76. The molecule has 0 aliphatic heterocycles. The van der Waals surface area contributed by atoms with Crippen molar-refractivity contribution >= 4 is 38.6 Å². The summed E-state index contributed by atoms with van der Waals surface area (Å²) in [6.45, 7) is 0. The molecule has 3 aromatic rings. The molecule has 2 nitrogen and oxygen atoms in total. The molecule has 0 spiro atoms. The van der Waals surface area contributed by atoms with Crippen LogP contribution in [-0.4, -0.2) is 9.97 Å². The Balaban J connectivity index is 2.13. The number of aromatic nitrogens is 2. The first-order valence-corrected chi connectivity index (χ1v) is 7.04. The van der Waals surface area contributed by atoms with Gasteiger partial charge in [0.15, 0.2) is 0 Å². The van der Waals surface area contributed by atoms with E-state index in [1.54, 1.807) is 18.2 Å². The molecular formula is C14H7BrClF3N2. The number of hydrogen-bond donors (Lipinski definition) is 1. The number of halogens is 5. The van der Waals surface area contributed by atoms with Gasteiger partial charge in [0.25, 0.3) is 0 Å². The maximum Gasteiger partial charge on any atom is 0.416 e. The molecule has 0 atom stereocenters. The average molecular weight is 376 g/mol. The summed E-state index contributed by atoms with van der Waals surface area (Å²) < 4.78 is 38.9. The Labute approximate surface area is 131 Å². The highest BCUT2D eigenvalue weighted by Gasteiger charge is 2.30. The van der Waals surface area contributed by atoms with Crippen LogP contribution in [0.25, 0.3) is 22.4 Å². The first-order valence-electron chi connectivity index (χ1n) is 5.87. The Bertz CT molecular complexity index is 827. The monoisotopic (exact) mass is 374 g/mol. The summed E-state index contributed by atoms with van der Waals surface area (Å²) in [6.07, 6.45) is -4.38. The zero-order valence-electron chi connectivity index (χ0n) is 10.3. The van der Waals surface area contributed by atoms with Crippen LogP contribution >= 0.6 is 27.5 Å². The van der Waals surface area contributed by atoms with Crippen LogP contribution in [-0.2, 0) is 6.18 Å². The number of benzene rings is 2. The van der Waals surface area contributed by atoms with Crippen LogP contribution in [0, 0.1) is 0 Å². The third-order valence-electron chi connectivity index (χ3n) is 3.00. The van der Waals surface area contributed by atoms with Gasteiger partial charge >= 0.3 is 6.18 Å². The smallest absolute Gasteiger partial charge is 0.338 e. The van der Waals surface area contributed by atoms with Crippen molar-refractivity contribution in [3.63, 3.8) is 0 Å². The van der Waals surface area contributed by atoms with Crippen molar-refractivity contribution in [1.29, 1.82) is 0 Å². The highest BCUT2D eigenvalue weighted by molar-refractivity contribution is 9.10. The van der Waals surface area contributed by atoms with Gasteiger partial charge in [-0.2, -0.15) is 13.2 Å². The minimum atomic E-state index is -4.38. The summed E-state index contributed by atoms with van der Waals surface area (Å²) in [4.78, 5) is 7.15. The van der Waals surface area contributed by atoms with E-state index in [1.165, 1.54) is 6.07 Å². The van der Waals surface area contributed by atoms with Gasteiger partial charge in [-0.3, -0.25) is 0 Å². The van der Waals surface area contributed by atoms with E-state index in [0.29, 0.717) is 27.4 Å². The summed E-state index contributed by atoms with van der Waals surface area (Å²) in [6, 6.07) is 8.62. The van der Waals surface area contributed by atoms with E-state index in [2.05, 4.69) is 25.9 Å². The van der Waals surface area contributed by atoms with Gasteiger partial charge in [-0.15, -0.1) is 0 Å². The summed E-state index contributed by atoms with van der Waals surface area (Å²) in [7, 11) is 0.